The van der Waals surface area contributed by atoms with Crippen LogP contribution < -0.4 is 38.2 Å². The van der Waals surface area contributed by atoms with Gasteiger partial charge in [-0.05, 0) is 194 Å². The van der Waals surface area contributed by atoms with E-state index in [1.165, 1.54) is 64.0 Å². The highest BCUT2D eigenvalue weighted by molar-refractivity contribution is 7.90. The summed E-state index contributed by atoms with van der Waals surface area (Å²) in [4.78, 5) is 75.1. The molecular formula is C99H99Cl3N12O14S2. The summed E-state index contributed by atoms with van der Waals surface area (Å²) in [6, 6.07) is 53.6. The highest BCUT2D eigenvalue weighted by Crippen LogP contribution is 2.48. The van der Waals surface area contributed by atoms with Crippen LogP contribution in [0.5, 0.6) is 34.5 Å². The predicted molar refractivity (Wildman–Crippen MR) is 505 cm³/mol. The van der Waals surface area contributed by atoms with Crippen molar-refractivity contribution in [2.75, 3.05) is 88.5 Å². The van der Waals surface area contributed by atoms with Gasteiger partial charge in [0.25, 0.3) is 43.2 Å². The SMILES string of the molecule is CC1(C)CCC(CN2CCN(c3ccc(C(=O)NS(=O)(=O)c4cc5c(c([N+](=O)[O-])c4)C[C@@H](Cc4ccccc4Cl)CO5)c(Oc4cnc5[nH]ccc5c4)c3)CC2)=C(c2ccc(Cl)cc2)C1.Cc1ccc(C[C@H]2COc3cc(S(=O)(=O)NC(=O)c4ccc(N5CCN(CC6=C(c7ccc(Cl)cc7)CC(C)(C)CC6)CC5)cc4Oc4cnc5[nH]ccc5c4)cc([N+](=O)[O-])c3C2)cc1. The average Bonchev–Trinajstić information content (AvgIpc) is 0.827. The molecule has 130 heavy (non-hydrogen) atoms. The van der Waals surface area contributed by atoms with Gasteiger partial charge in [-0.25, -0.2) is 36.2 Å². The summed E-state index contributed by atoms with van der Waals surface area (Å²) >= 11 is 18.9. The molecule has 12 aromatic rings. The Morgan fingerprint density at radius 3 is 1.39 bits per heavy atom. The molecule has 8 heterocycles. The number of sulfonamides is 2. The number of carbonyl (C=O) groups is 2. The Morgan fingerprint density at radius 1 is 0.531 bits per heavy atom. The van der Waals surface area contributed by atoms with Gasteiger partial charge in [0.05, 0.1) is 67.5 Å². The number of piperazine rings is 2. The number of rotatable bonds is 24. The van der Waals surface area contributed by atoms with Crippen LogP contribution in [0, 0.1) is 49.8 Å². The second-order valence-corrected chi connectivity index (χ2v) is 40.7. The molecule has 4 aliphatic heterocycles. The molecule has 8 aromatic carbocycles. The minimum absolute atomic E-state index is 0.0466. The van der Waals surface area contributed by atoms with Gasteiger partial charge < -0.3 is 38.7 Å². The third-order valence-electron chi connectivity index (χ3n) is 25.5. The predicted octanol–water partition coefficient (Wildman–Crippen LogP) is 20.2. The largest absolute Gasteiger partial charge is 0.493 e. The number of halogens is 3. The number of aromatic nitrogens is 4. The Morgan fingerprint density at radius 2 is 0.962 bits per heavy atom. The number of hydrogen-bond donors (Lipinski definition) is 4. The Bertz CT molecular complexity index is 6670. The quantitative estimate of drug-likeness (QED) is 0.0322. The number of aromatic amines is 2. The van der Waals surface area contributed by atoms with Crippen LogP contribution in [0.3, 0.4) is 0 Å². The van der Waals surface area contributed by atoms with E-state index in [0.29, 0.717) is 65.7 Å². The summed E-state index contributed by atoms with van der Waals surface area (Å²) in [5, 5.41) is 28.4. The third-order valence-corrected chi connectivity index (χ3v) is 29.0. The van der Waals surface area contributed by atoms with Crippen molar-refractivity contribution < 1.29 is 55.2 Å². The number of amides is 2. The summed E-state index contributed by atoms with van der Waals surface area (Å²) in [5.74, 6) is -1.03. The van der Waals surface area contributed by atoms with Crippen molar-refractivity contribution >= 4 is 123 Å². The lowest BCUT2D eigenvalue weighted by Gasteiger charge is -2.39. The number of carbonyl (C=O) groups excluding carboxylic acids is 2. The first-order chi connectivity index (χ1) is 62.3. The number of fused-ring (bicyclic) bond motifs is 4. The minimum atomic E-state index is -4.65. The topological polar surface area (TPSA) is 320 Å². The highest BCUT2D eigenvalue weighted by atomic mass is 35.5. The highest BCUT2D eigenvalue weighted by Gasteiger charge is 2.38. The Kier molecular flexibility index (Phi) is 26.1. The fraction of sp³-hybridized carbons (Fsp3) is 0.313. The molecule has 0 radical (unpaired) electrons. The molecule has 0 bridgehead atoms. The van der Waals surface area contributed by atoms with Crippen LogP contribution in [0.2, 0.25) is 15.1 Å². The standard InChI is InChI=1S/C50H51ClN6O7S.C49H48Cl2N6O7S/c1-32-4-6-33(7-5-32)22-34-23-43-45(57(59)60)26-41(27-46(43)63-31-34)65(61,62)54-49(58)42-13-12-39(25-47(42)64-40-24-36-15-17-52-48(36)53-29-40)56-20-18-55(19-21-56)30-37-14-16-50(2,3)28-44(37)35-8-10-38(51)11-9-35;1-49(2)15-13-35(42(27-49)32-7-9-36(50)10-8-32)29-55-17-19-56(20-18-55)37-11-12-40(46(24-37)64-38-23-34-14-16-52-47(34)53-28-38)48(58)54-65(61,62)39-25-44(57(59)60)41-22-31(30-63-45(41)26-39)21-33-5-3-4-6-43(33)51/h4-13,15,17,24-27,29,34H,14,16,18-23,28,30-31H2,1-3H3,(H,52,53)(H,54,58);3-12,14,16,23-26,28,31H,13,15,17-22,27,29-30H2,1-2H3,(H,52,53)(H,54,58)/t34-;31-/m11/s1. The maximum atomic E-state index is 14.1. The van der Waals surface area contributed by atoms with Crippen LogP contribution in [-0.4, -0.2) is 147 Å². The number of hydrogen-bond acceptors (Lipinski definition) is 20. The molecule has 18 rings (SSSR count). The molecule has 4 aromatic heterocycles. The molecule has 4 N–H and O–H groups in total. The monoisotopic (exact) mass is 1850 g/mol. The van der Waals surface area contributed by atoms with Gasteiger partial charge in [-0.1, -0.05) is 146 Å². The fourth-order valence-corrected chi connectivity index (χ4v) is 20.8. The smallest absolute Gasteiger partial charge is 0.277 e. The van der Waals surface area contributed by atoms with Crippen LogP contribution in [0.1, 0.15) is 126 Å². The average molecular weight is 1850 g/mol. The molecule has 0 unspecified atom stereocenters. The second-order valence-electron chi connectivity index (χ2n) is 36.1. The lowest BCUT2D eigenvalue weighted by atomic mass is 9.72. The van der Waals surface area contributed by atoms with Crippen molar-refractivity contribution in [1.29, 1.82) is 0 Å². The van der Waals surface area contributed by atoms with Crippen molar-refractivity contribution in [3.05, 3.63) is 303 Å². The maximum absolute atomic E-state index is 14.1. The number of pyridine rings is 2. The normalized spacial score (nSPS) is 17.7. The Balaban J connectivity index is 0.000000182. The molecule has 0 spiro atoms. The van der Waals surface area contributed by atoms with Crippen LogP contribution in [-0.2, 0) is 45.7 Å². The van der Waals surface area contributed by atoms with Gasteiger partial charge in [0.2, 0.25) is 0 Å². The van der Waals surface area contributed by atoms with E-state index >= 15 is 0 Å². The van der Waals surface area contributed by atoms with Crippen LogP contribution in [0.15, 0.2) is 228 Å². The van der Waals surface area contributed by atoms with Gasteiger partial charge in [0, 0.05) is 163 Å². The van der Waals surface area contributed by atoms with Gasteiger partial charge >= 0.3 is 0 Å². The van der Waals surface area contributed by atoms with Crippen LogP contribution in [0.25, 0.3) is 33.2 Å². The first-order valence-corrected chi connectivity index (χ1v) is 47.6. The van der Waals surface area contributed by atoms with Crippen molar-refractivity contribution in [2.45, 2.75) is 109 Å². The lowest BCUT2D eigenvalue weighted by molar-refractivity contribution is -0.386. The number of nitro groups is 2. The van der Waals surface area contributed by atoms with Gasteiger partial charge in [0.15, 0.2) is 0 Å². The molecule has 672 valence electrons. The van der Waals surface area contributed by atoms with E-state index in [1.807, 2.05) is 85.8 Å². The number of nitrogens with zero attached hydrogens (tertiary/aromatic N) is 8. The molecule has 26 nitrogen and oxygen atoms in total. The molecule has 2 atom stereocenters. The van der Waals surface area contributed by atoms with E-state index in [1.54, 1.807) is 60.9 Å². The molecular weight excluding hydrogens is 1750 g/mol. The summed E-state index contributed by atoms with van der Waals surface area (Å²) in [5.41, 5.74) is 14.3. The van der Waals surface area contributed by atoms with E-state index in [0.717, 1.165) is 152 Å². The Labute approximate surface area is 769 Å². The maximum Gasteiger partial charge on any atom is 0.277 e. The summed E-state index contributed by atoms with van der Waals surface area (Å²) in [6.45, 7) is 19.7. The van der Waals surface area contributed by atoms with Crippen molar-refractivity contribution in [3.63, 3.8) is 0 Å². The zero-order valence-corrected chi connectivity index (χ0v) is 76.5. The van der Waals surface area contributed by atoms with Crippen LogP contribution in [0.4, 0.5) is 22.7 Å². The number of ether oxygens (including phenoxy) is 4. The lowest BCUT2D eigenvalue weighted by Crippen LogP contribution is -2.47. The summed E-state index contributed by atoms with van der Waals surface area (Å²) in [7, 11) is -9.29. The van der Waals surface area contributed by atoms with Gasteiger partial charge in [-0.3, -0.25) is 39.6 Å². The van der Waals surface area contributed by atoms with E-state index in [-0.39, 0.29) is 87.7 Å². The molecule has 2 aliphatic carbocycles. The zero-order chi connectivity index (χ0) is 90.9. The van der Waals surface area contributed by atoms with Crippen molar-refractivity contribution in [2.24, 2.45) is 22.7 Å². The summed E-state index contributed by atoms with van der Waals surface area (Å²) in [6.07, 6.45) is 14.7. The molecule has 2 fully saturated rings. The second kappa shape index (κ2) is 37.7. The van der Waals surface area contributed by atoms with Gasteiger partial charge in [-0.15, -0.1) is 0 Å². The van der Waals surface area contributed by atoms with Gasteiger partial charge in [0.1, 0.15) is 45.8 Å². The number of anilines is 2. The van der Waals surface area contributed by atoms with Crippen molar-refractivity contribution in [1.82, 2.24) is 39.2 Å². The zero-order valence-electron chi connectivity index (χ0n) is 72.6. The third kappa shape index (κ3) is 20.8. The van der Waals surface area contributed by atoms with Crippen molar-refractivity contribution in [3.8, 4) is 34.5 Å². The van der Waals surface area contributed by atoms with Gasteiger partial charge in [-0.2, -0.15) is 0 Å². The molecule has 31 heteroatoms. The van der Waals surface area contributed by atoms with E-state index < -0.39 is 57.2 Å². The summed E-state index contributed by atoms with van der Waals surface area (Å²) < 4.78 is 84.7. The fourth-order valence-electron chi connectivity index (χ4n) is 18.4. The van der Waals surface area contributed by atoms with Crippen LogP contribution >= 0.6 is 34.8 Å². The number of nitrogens with one attached hydrogen (secondary N) is 4. The molecule has 2 amide bonds. The molecule has 0 saturated carbocycles. The first kappa shape index (κ1) is 89.8. The van der Waals surface area contributed by atoms with E-state index in [2.05, 4.69) is 101 Å². The van der Waals surface area contributed by atoms with E-state index in [9.17, 15) is 46.7 Å². The number of allylic oxidation sites excluding steroid dienone is 2. The minimum Gasteiger partial charge on any atom is -0.493 e. The number of benzene rings is 8. The number of aryl methyl sites for hydroxylation is 1. The number of nitro benzene ring substituents is 2. The van der Waals surface area contributed by atoms with E-state index in [4.69, 9.17) is 53.8 Å². The first-order valence-electron chi connectivity index (χ1n) is 43.5. The molecule has 6 aliphatic rings. The Hall–Kier alpha value is -12.2. The molecule has 2 saturated heterocycles. The number of H-pyrrole nitrogens is 2.